The van der Waals surface area contributed by atoms with Crippen molar-refractivity contribution in [3.63, 3.8) is 0 Å². The van der Waals surface area contributed by atoms with Crippen LogP contribution in [0.25, 0.3) is 16.6 Å². The van der Waals surface area contributed by atoms with Crippen molar-refractivity contribution in [2.75, 3.05) is 6.61 Å². The minimum Gasteiger partial charge on any atom is -0.493 e. The number of aromatic nitrogens is 2. The molecule has 1 aliphatic heterocycles. The van der Waals surface area contributed by atoms with Gasteiger partial charge in [-0.2, -0.15) is 13.9 Å². The van der Waals surface area contributed by atoms with Gasteiger partial charge < -0.3 is 14.8 Å². The van der Waals surface area contributed by atoms with Crippen LogP contribution in [0.1, 0.15) is 31.1 Å². The summed E-state index contributed by atoms with van der Waals surface area (Å²) in [5.74, 6) is -4.05. The molecule has 1 amide bonds. The normalized spacial score (nSPS) is 14.7. The fraction of sp³-hybridized carbons (Fsp3) is 0.259. The first-order chi connectivity index (χ1) is 17.2. The highest BCUT2D eigenvalue weighted by Crippen LogP contribution is 2.33. The van der Waals surface area contributed by atoms with Crippen molar-refractivity contribution in [1.82, 2.24) is 15.1 Å². The summed E-state index contributed by atoms with van der Waals surface area (Å²) >= 11 is 0. The Morgan fingerprint density at radius 3 is 2.67 bits per heavy atom. The van der Waals surface area contributed by atoms with E-state index in [9.17, 15) is 18.0 Å². The maximum atomic E-state index is 13.6. The molecule has 1 aliphatic rings. The maximum absolute atomic E-state index is 13.6. The number of ether oxygens (including phenoxy) is 2. The van der Waals surface area contributed by atoms with E-state index in [4.69, 9.17) is 9.47 Å². The van der Waals surface area contributed by atoms with Gasteiger partial charge in [-0.05, 0) is 66.6 Å². The SMILES string of the molecule is CC(NC(=O)C(C)(F)F)C(Oc1ccc2c(cnn2-c2ccc(F)cc2)c1)c1ccc2c(c1)OCC2. The quantitative estimate of drug-likeness (QED) is 0.374. The molecule has 6 nitrogen and oxygen atoms in total. The molecule has 2 unspecified atom stereocenters. The second kappa shape index (κ2) is 9.22. The second-order valence-corrected chi connectivity index (χ2v) is 8.91. The number of hydrogen-bond donors (Lipinski definition) is 1. The Bertz CT molecular complexity index is 1410. The van der Waals surface area contributed by atoms with E-state index >= 15 is 0 Å². The van der Waals surface area contributed by atoms with Crippen LogP contribution < -0.4 is 14.8 Å². The third-order valence-corrected chi connectivity index (χ3v) is 6.13. The average molecular weight is 496 g/mol. The molecule has 5 rings (SSSR count). The van der Waals surface area contributed by atoms with E-state index in [1.807, 2.05) is 24.3 Å². The minimum absolute atomic E-state index is 0.337. The van der Waals surface area contributed by atoms with Gasteiger partial charge in [0.25, 0.3) is 5.91 Å². The van der Waals surface area contributed by atoms with E-state index in [0.717, 1.165) is 28.6 Å². The molecule has 0 radical (unpaired) electrons. The van der Waals surface area contributed by atoms with E-state index in [2.05, 4.69) is 10.4 Å². The molecular weight excluding hydrogens is 471 g/mol. The van der Waals surface area contributed by atoms with E-state index in [1.54, 1.807) is 42.1 Å². The van der Waals surface area contributed by atoms with Gasteiger partial charge >= 0.3 is 5.92 Å². The van der Waals surface area contributed by atoms with Crippen LogP contribution in [0.5, 0.6) is 11.5 Å². The number of benzene rings is 3. The Labute approximate surface area is 205 Å². The van der Waals surface area contributed by atoms with Crippen LogP contribution in [0.3, 0.4) is 0 Å². The lowest BCUT2D eigenvalue weighted by atomic mass is 10.00. The molecule has 3 aromatic carbocycles. The number of carbonyl (C=O) groups excluding carboxylic acids is 1. The summed E-state index contributed by atoms with van der Waals surface area (Å²) in [6.45, 7) is 2.75. The van der Waals surface area contributed by atoms with Crippen molar-refractivity contribution < 1.29 is 27.4 Å². The average Bonchev–Trinajstić information content (AvgIpc) is 3.48. The van der Waals surface area contributed by atoms with Crippen molar-refractivity contribution in [2.45, 2.75) is 38.3 Å². The number of nitrogens with zero attached hydrogens (tertiary/aromatic N) is 2. The van der Waals surface area contributed by atoms with E-state index < -0.39 is 24.0 Å². The van der Waals surface area contributed by atoms with Crippen molar-refractivity contribution in [3.05, 3.63) is 83.8 Å². The Kier molecular flexibility index (Phi) is 6.07. The van der Waals surface area contributed by atoms with Crippen LogP contribution in [-0.4, -0.2) is 34.3 Å². The number of alkyl halides is 2. The van der Waals surface area contributed by atoms with Gasteiger partial charge in [0.1, 0.15) is 23.4 Å². The zero-order chi connectivity index (χ0) is 25.4. The Balaban J connectivity index is 1.46. The molecule has 0 saturated heterocycles. The summed E-state index contributed by atoms with van der Waals surface area (Å²) in [5.41, 5.74) is 3.23. The minimum atomic E-state index is -3.52. The molecule has 1 N–H and O–H groups in total. The van der Waals surface area contributed by atoms with Crippen molar-refractivity contribution in [1.29, 1.82) is 0 Å². The van der Waals surface area contributed by atoms with Crippen molar-refractivity contribution in [3.8, 4) is 17.2 Å². The number of halogens is 3. The number of hydrogen-bond acceptors (Lipinski definition) is 4. The highest BCUT2D eigenvalue weighted by atomic mass is 19.3. The van der Waals surface area contributed by atoms with Gasteiger partial charge in [-0.1, -0.05) is 12.1 Å². The lowest BCUT2D eigenvalue weighted by molar-refractivity contribution is -0.144. The van der Waals surface area contributed by atoms with E-state index in [-0.39, 0.29) is 5.82 Å². The Morgan fingerprint density at radius 2 is 1.92 bits per heavy atom. The lowest BCUT2D eigenvalue weighted by Crippen LogP contribution is -2.46. The van der Waals surface area contributed by atoms with Gasteiger partial charge in [0.2, 0.25) is 0 Å². The molecule has 0 aliphatic carbocycles. The van der Waals surface area contributed by atoms with Gasteiger partial charge in [-0.3, -0.25) is 4.79 Å². The van der Waals surface area contributed by atoms with Crippen LogP contribution in [0.4, 0.5) is 13.2 Å². The molecule has 9 heteroatoms. The fourth-order valence-corrected chi connectivity index (χ4v) is 4.25. The maximum Gasteiger partial charge on any atom is 0.321 e. The van der Waals surface area contributed by atoms with Crippen LogP contribution >= 0.6 is 0 Å². The number of amides is 1. The highest BCUT2D eigenvalue weighted by Gasteiger charge is 2.35. The van der Waals surface area contributed by atoms with Crippen molar-refractivity contribution >= 4 is 16.8 Å². The molecular formula is C27H24F3N3O3. The second-order valence-electron chi connectivity index (χ2n) is 8.91. The molecule has 0 fully saturated rings. The highest BCUT2D eigenvalue weighted by molar-refractivity contribution is 5.83. The molecule has 1 aromatic heterocycles. The Morgan fingerprint density at radius 1 is 1.14 bits per heavy atom. The first kappa shape index (κ1) is 23.7. The predicted molar refractivity (Wildman–Crippen MR) is 128 cm³/mol. The van der Waals surface area contributed by atoms with E-state index in [1.165, 1.54) is 12.1 Å². The number of rotatable bonds is 7. The third-order valence-electron chi connectivity index (χ3n) is 6.13. The van der Waals surface area contributed by atoms with Gasteiger partial charge in [0.05, 0.1) is 30.0 Å². The van der Waals surface area contributed by atoms with Crippen LogP contribution in [0.2, 0.25) is 0 Å². The monoisotopic (exact) mass is 495 g/mol. The number of carbonyl (C=O) groups is 1. The third kappa shape index (κ3) is 4.73. The zero-order valence-corrected chi connectivity index (χ0v) is 19.7. The van der Waals surface area contributed by atoms with E-state index in [0.29, 0.717) is 30.5 Å². The molecule has 2 heterocycles. The van der Waals surface area contributed by atoms with Gasteiger partial charge in [0, 0.05) is 18.7 Å². The van der Waals surface area contributed by atoms with Gasteiger partial charge in [0.15, 0.2) is 0 Å². The van der Waals surface area contributed by atoms with Crippen molar-refractivity contribution in [2.24, 2.45) is 0 Å². The molecule has 36 heavy (non-hydrogen) atoms. The first-order valence-electron chi connectivity index (χ1n) is 11.5. The summed E-state index contributed by atoms with van der Waals surface area (Å²) in [4.78, 5) is 12.0. The largest absolute Gasteiger partial charge is 0.493 e. The molecule has 186 valence electrons. The predicted octanol–water partition coefficient (Wildman–Crippen LogP) is 5.38. The smallest absolute Gasteiger partial charge is 0.321 e. The molecule has 0 spiro atoms. The van der Waals surface area contributed by atoms with Gasteiger partial charge in [-0.25, -0.2) is 9.07 Å². The summed E-state index contributed by atoms with van der Waals surface area (Å²) < 4.78 is 54.1. The van der Waals surface area contributed by atoms with Gasteiger partial charge in [-0.15, -0.1) is 0 Å². The summed E-state index contributed by atoms with van der Waals surface area (Å²) in [5, 5.41) is 7.54. The Hall–Kier alpha value is -4.01. The summed E-state index contributed by atoms with van der Waals surface area (Å²) in [7, 11) is 0. The summed E-state index contributed by atoms with van der Waals surface area (Å²) in [6, 6.07) is 16.1. The molecule has 0 saturated carbocycles. The molecule has 0 bridgehead atoms. The summed E-state index contributed by atoms with van der Waals surface area (Å²) in [6.07, 6.45) is 1.69. The van der Waals surface area contributed by atoms with Crippen LogP contribution in [0, 0.1) is 5.82 Å². The lowest BCUT2D eigenvalue weighted by Gasteiger charge is -2.27. The fourth-order valence-electron chi connectivity index (χ4n) is 4.25. The zero-order valence-electron chi connectivity index (χ0n) is 19.7. The molecule has 2 atom stereocenters. The van der Waals surface area contributed by atoms with Crippen LogP contribution in [0.15, 0.2) is 66.9 Å². The topological polar surface area (TPSA) is 65.4 Å². The first-order valence-corrected chi connectivity index (χ1v) is 11.5. The van der Waals surface area contributed by atoms with Crippen LogP contribution in [-0.2, 0) is 11.2 Å². The standard InChI is InChI=1S/C27H24F3N3O3/c1-16(32-26(34)27(2,29)30)25(18-4-3-17-11-12-35-24(17)14-18)36-22-9-10-23-19(13-22)15-31-33(23)21-7-5-20(28)6-8-21/h3-10,13-16,25H,11-12H2,1-2H3,(H,32,34). The molecule has 4 aromatic rings. The number of nitrogens with one attached hydrogen (secondary N) is 1. The number of fused-ring (bicyclic) bond motifs is 2.